The first-order chi connectivity index (χ1) is 14.3. The first-order valence-electron chi connectivity index (χ1n) is 10.1. The summed E-state index contributed by atoms with van der Waals surface area (Å²) in [6.45, 7) is 1.34. The zero-order valence-corrected chi connectivity index (χ0v) is 18.9. The fraction of sp³-hybridized carbons (Fsp3) is 0.435. The summed E-state index contributed by atoms with van der Waals surface area (Å²) in [7, 11) is 0. The maximum absolute atomic E-state index is 12.1. The molecule has 0 aliphatic heterocycles. The number of ether oxygens (including phenoxy) is 1. The number of alkyl halides is 3. The molecule has 162 valence electrons. The molecular weight excluding hydrogens is 445 g/mol. The summed E-state index contributed by atoms with van der Waals surface area (Å²) < 4.78 is 3.26. The van der Waals surface area contributed by atoms with Gasteiger partial charge in [-0.15, -0.1) is 0 Å². The lowest BCUT2D eigenvalue weighted by Gasteiger charge is -2.36. The Morgan fingerprint density at radius 1 is 0.933 bits per heavy atom. The second-order valence-electron chi connectivity index (χ2n) is 7.66. The van der Waals surface area contributed by atoms with E-state index in [-0.39, 0.29) is 6.04 Å². The molecule has 3 atom stereocenters. The fourth-order valence-corrected chi connectivity index (χ4v) is 4.08. The molecule has 0 amide bonds. The molecule has 0 spiro atoms. The van der Waals surface area contributed by atoms with Crippen molar-refractivity contribution in [2.24, 2.45) is 0 Å². The van der Waals surface area contributed by atoms with E-state index in [1.54, 1.807) is 0 Å². The molecule has 1 N–H and O–H groups in total. The minimum absolute atomic E-state index is 0.193. The molecule has 1 aliphatic carbocycles. The number of halogens is 3. The molecule has 1 aliphatic rings. The monoisotopic (exact) mass is 469 g/mol. The molecule has 2 aromatic carbocycles. The average Bonchev–Trinajstić information content (AvgIpc) is 2.90. The third-order valence-electron chi connectivity index (χ3n) is 5.43. The van der Waals surface area contributed by atoms with Crippen molar-refractivity contribution < 1.29 is 14.6 Å². The topological polar surface area (TPSA) is 49.8 Å². The highest BCUT2D eigenvalue weighted by molar-refractivity contribution is 6.75. The van der Waals surface area contributed by atoms with Gasteiger partial charge in [0.2, 0.25) is 0 Å². The Bertz CT molecular complexity index is 757. The van der Waals surface area contributed by atoms with Crippen molar-refractivity contribution in [3.63, 3.8) is 0 Å². The predicted molar refractivity (Wildman–Crippen MR) is 121 cm³/mol. The van der Waals surface area contributed by atoms with Crippen LogP contribution in [0.2, 0.25) is 0 Å². The van der Waals surface area contributed by atoms with Crippen molar-refractivity contribution in [3.8, 4) is 0 Å². The van der Waals surface area contributed by atoms with Crippen LogP contribution in [-0.2, 0) is 22.6 Å². The van der Waals surface area contributed by atoms with Crippen LogP contribution < -0.4 is 0 Å². The van der Waals surface area contributed by atoms with Crippen LogP contribution in [0.4, 0.5) is 0 Å². The van der Waals surface area contributed by atoms with Crippen LogP contribution in [0.1, 0.15) is 36.8 Å². The molecule has 3 rings (SSSR count). The second kappa shape index (κ2) is 10.8. The lowest BCUT2D eigenvalue weighted by atomic mass is 10.00. The molecule has 0 saturated heterocycles. The Hall–Kier alpha value is -1.30. The Kier molecular flexibility index (Phi) is 8.44. The first-order valence-corrected chi connectivity index (χ1v) is 11.3. The van der Waals surface area contributed by atoms with Gasteiger partial charge in [0, 0.05) is 19.1 Å². The number of rotatable bonds is 6. The van der Waals surface area contributed by atoms with Gasteiger partial charge in [-0.3, -0.25) is 4.90 Å². The molecule has 0 radical (unpaired) electrons. The normalized spacial score (nSPS) is 22.5. The maximum Gasteiger partial charge on any atom is 0.358 e. The molecule has 0 heterocycles. The summed E-state index contributed by atoms with van der Waals surface area (Å²) in [5.41, 5.74) is 2.31. The summed E-state index contributed by atoms with van der Waals surface area (Å²) in [4.78, 5) is 14.4. The van der Waals surface area contributed by atoms with Crippen LogP contribution in [0.5, 0.6) is 0 Å². The molecule has 0 aromatic heterocycles. The smallest absolute Gasteiger partial charge is 0.358 e. The van der Waals surface area contributed by atoms with Gasteiger partial charge in [-0.25, -0.2) is 4.79 Å². The Balaban J connectivity index is 1.82. The van der Waals surface area contributed by atoms with E-state index in [0.717, 1.165) is 30.4 Å². The number of hydrogen-bond acceptors (Lipinski definition) is 4. The maximum atomic E-state index is 12.1. The van der Waals surface area contributed by atoms with Gasteiger partial charge < -0.3 is 9.84 Å². The van der Waals surface area contributed by atoms with Gasteiger partial charge in [0.1, 0.15) is 12.2 Å². The zero-order valence-electron chi connectivity index (χ0n) is 16.6. The van der Waals surface area contributed by atoms with E-state index in [4.69, 9.17) is 39.5 Å². The molecule has 4 nitrogen and oxygen atoms in total. The molecule has 30 heavy (non-hydrogen) atoms. The van der Waals surface area contributed by atoms with Crippen molar-refractivity contribution in [2.75, 3.05) is 0 Å². The van der Waals surface area contributed by atoms with E-state index >= 15 is 0 Å². The number of hydrogen-bond donors (Lipinski definition) is 1. The van der Waals surface area contributed by atoms with E-state index in [1.807, 2.05) is 36.4 Å². The molecule has 7 heteroatoms. The van der Waals surface area contributed by atoms with Crippen molar-refractivity contribution >= 4 is 40.8 Å². The van der Waals surface area contributed by atoms with Gasteiger partial charge in [-0.2, -0.15) is 0 Å². The van der Waals surface area contributed by atoms with Crippen molar-refractivity contribution in [2.45, 2.75) is 60.8 Å². The Morgan fingerprint density at radius 3 is 1.93 bits per heavy atom. The summed E-state index contributed by atoms with van der Waals surface area (Å²) in [5, 5.41) is 11.2. The number of aliphatic hydroxyl groups is 1. The van der Waals surface area contributed by atoms with Gasteiger partial charge in [0.05, 0.1) is 0 Å². The van der Waals surface area contributed by atoms with Gasteiger partial charge in [0.25, 0.3) is 3.79 Å². The van der Waals surface area contributed by atoms with Gasteiger partial charge in [-0.1, -0.05) is 102 Å². The molecule has 1 saturated carbocycles. The molecule has 1 fully saturated rings. The Morgan fingerprint density at radius 2 is 1.43 bits per heavy atom. The van der Waals surface area contributed by atoms with Gasteiger partial charge >= 0.3 is 5.97 Å². The minimum Gasteiger partial charge on any atom is -0.456 e. The number of esters is 1. The molecule has 0 bridgehead atoms. The number of benzene rings is 2. The van der Waals surface area contributed by atoms with Crippen LogP contribution in [0.15, 0.2) is 60.7 Å². The highest BCUT2D eigenvalue weighted by atomic mass is 35.6. The largest absolute Gasteiger partial charge is 0.456 e. The summed E-state index contributed by atoms with van der Waals surface area (Å²) in [5.74, 6) is -0.949. The SMILES string of the molecule is O=C(O[C@H]1CCCC[C@@H](N(Cc2ccccc2)Cc2ccccc2)[C@@H]1O)C(Cl)(Cl)Cl. The molecule has 2 aromatic rings. The van der Waals surface area contributed by atoms with Gasteiger partial charge in [0.15, 0.2) is 0 Å². The lowest BCUT2D eigenvalue weighted by molar-refractivity contribution is -0.157. The summed E-state index contributed by atoms with van der Waals surface area (Å²) in [6.07, 6.45) is 1.49. The van der Waals surface area contributed by atoms with Crippen LogP contribution in [0, 0.1) is 0 Å². The first kappa shape index (κ1) is 23.4. The highest BCUT2D eigenvalue weighted by Crippen LogP contribution is 2.32. The van der Waals surface area contributed by atoms with Crippen LogP contribution in [0.25, 0.3) is 0 Å². The quantitative estimate of drug-likeness (QED) is 0.355. The average molecular weight is 471 g/mol. The van der Waals surface area contributed by atoms with Crippen LogP contribution in [0.3, 0.4) is 0 Å². The third kappa shape index (κ3) is 6.60. The summed E-state index contributed by atoms with van der Waals surface area (Å²) in [6, 6.07) is 20.1. The number of aliphatic hydroxyl groups excluding tert-OH is 1. The van der Waals surface area contributed by atoms with Gasteiger partial charge in [-0.05, 0) is 30.4 Å². The van der Waals surface area contributed by atoms with Crippen molar-refractivity contribution in [3.05, 3.63) is 71.8 Å². The number of carbonyl (C=O) groups excluding carboxylic acids is 1. The fourth-order valence-electron chi connectivity index (χ4n) is 3.95. The van der Waals surface area contributed by atoms with E-state index in [9.17, 15) is 9.90 Å². The molecular formula is C23H26Cl3NO3. The van der Waals surface area contributed by atoms with Crippen molar-refractivity contribution in [1.82, 2.24) is 4.90 Å². The van der Waals surface area contributed by atoms with Crippen molar-refractivity contribution in [1.29, 1.82) is 0 Å². The predicted octanol–water partition coefficient (Wildman–Crippen LogP) is 5.27. The van der Waals surface area contributed by atoms with E-state index < -0.39 is 22.0 Å². The van der Waals surface area contributed by atoms with Crippen LogP contribution in [-0.4, -0.2) is 38.0 Å². The van der Waals surface area contributed by atoms with E-state index in [1.165, 1.54) is 0 Å². The number of nitrogens with zero attached hydrogens (tertiary/aromatic N) is 1. The van der Waals surface area contributed by atoms with Crippen LogP contribution >= 0.6 is 34.8 Å². The van der Waals surface area contributed by atoms with E-state index in [2.05, 4.69) is 29.2 Å². The summed E-state index contributed by atoms with van der Waals surface area (Å²) >= 11 is 17.0. The lowest BCUT2D eigenvalue weighted by Crippen LogP contribution is -2.49. The highest BCUT2D eigenvalue weighted by Gasteiger charge is 2.40. The third-order valence-corrected chi connectivity index (χ3v) is 5.89. The van der Waals surface area contributed by atoms with E-state index in [0.29, 0.717) is 19.5 Å². The number of carbonyl (C=O) groups is 1. The standard InChI is InChI=1S/C23H26Cl3NO3/c24-23(25,26)22(29)30-20-14-8-7-13-19(21(20)28)27(15-17-9-3-1-4-10-17)16-18-11-5-2-6-12-18/h1-6,9-12,19-21,28H,7-8,13-16H2/t19-,20+,21+/m1/s1. The second-order valence-corrected chi connectivity index (χ2v) is 9.94. The zero-order chi connectivity index (χ0) is 21.6. The Labute approximate surface area is 192 Å². The minimum atomic E-state index is -2.16. The molecule has 0 unspecified atom stereocenters.